The molecule has 0 spiro atoms. The number of hydrogen-bond donors (Lipinski definition) is 1. The largest absolute Gasteiger partial charge is 0.319 e. The van der Waals surface area contributed by atoms with Crippen molar-refractivity contribution in [2.45, 2.75) is 13.8 Å². The van der Waals surface area contributed by atoms with Gasteiger partial charge >= 0.3 is 0 Å². The van der Waals surface area contributed by atoms with Gasteiger partial charge in [0.2, 0.25) is 0 Å². The highest BCUT2D eigenvalue weighted by Crippen LogP contribution is 2.18. The van der Waals surface area contributed by atoms with E-state index in [1.807, 2.05) is 26.0 Å². The predicted octanol–water partition coefficient (Wildman–Crippen LogP) is 3.52. The molecule has 0 bridgehead atoms. The summed E-state index contributed by atoms with van der Waals surface area (Å²) in [6.07, 6.45) is 1.59. The average Bonchev–Trinajstić information content (AvgIpc) is 2.94. The highest BCUT2D eigenvalue weighted by atomic mass is 16.2. The summed E-state index contributed by atoms with van der Waals surface area (Å²) in [5.41, 5.74) is 3.83. The zero-order valence-electron chi connectivity index (χ0n) is 14.4. The average molecular weight is 333 g/mol. The van der Waals surface area contributed by atoms with Crippen molar-refractivity contribution in [1.82, 2.24) is 9.78 Å². The highest BCUT2D eigenvalue weighted by Gasteiger charge is 2.19. The number of carbonyl (C=O) groups is 2. The number of rotatable bonds is 4. The SMILES string of the molecule is Cc1ccc(C(=O)c2ccccc2C(=O)Nc2cnn(C)c2C)cc1. The molecule has 2 aromatic carbocycles. The van der Waals surface area contributed by atoms with E-state index in [0.717, 1.165) is 11.3 Å². The lowest BCUT2D eigenvalue weighted by molar-refractivity contribution is 0.0996. The summed E-state index contributed by atoms with van der Waals surface area (Å²) in [6.45, 7) is 3.83. The van der Waals surface area contributed by atoms with Crippen LogP contribution in [0.3, 0.4) is 0 Å². The van der Waals surface area contributed by atoms with Crippen LogP contribution in [0.5, 0.6) is 0 Å². The molecule has 3 aromatic rings. The van der Waals surface area contributed by atoms with Crippen LogP contribution < -0.4 is 5.32 Å². The quantitative estimate of drug-likeness (QED) is 0.743. The zero-order valence-corrected chi connectivity index (χ0v) is 14.4. The molecular weight excluding hydrogens is 314 g/mol. The summed E-state index contributed by atoms with van der Waals surface area (Å²) in [6, 6.07) is 14.2. The Balaban J connectivity index is 1.92. The lowest BCUT2D eigenvalue weighted by Gasteiger charge is -2.09. The molecule has 0 aliphatic rings. The smallest absolute Gasteiger partial charge is 0.256 e. The van der Waals surface area contributed by atoms with Gasteiger partial charge in [0.25, 0.3) is 5.91 Å². The van der Waals surface area contributed by atoms with E-state index in [0.29, 0.717) is 22.4 Å². The Morgan fingerprint density at radius 2 is 1.60 bits per heavy atom. The molecular formula is C20H19N3O2. The second kappa shape index (κ2) is 6.73. The standard InChI is InChI=1S/C20H19N3O2/c1-13-8-10-15(11-9-13)19(24)16-6-4-5-7-17(16)20(25)22-18-12-21-23(3)14(18)2/h4-12H,1-3H3,(H,22,25). The first-order valence-electron chi connectivity index (χ1n) is 7.97. The first-order chi connectivity index (χ1) is 12.0. The van der Waals surface area contributed by atoms with Crippen LogP contribution in [0.25, 0.3) is 0 Å². The van der Waals surface area contributed by atoms with E-state index in [-0.39, 0.29) is 11.7 Å². The molecule has 0 aliphatic carbocycles. The Morgan fingerprint density at radius 1 is 0.960 bits per heavy atom. The van der Waals surface area contributed by atoms with Crippen molar-refractivity contribution in [3.8, 4) is 0 Å². The molecule has 1 heterocycles. The number of hydrogen-bond acceptors (Lipinski definition) is 3. The second-order valence-electron chi connectivity index (χ2n) is 5.96. The monoisotopic (exact) mass is 333 g/mol. The summed E-state index contributed by atoms with van der Waals surface area (Å²) in [5.74, 6) is -0.499. The van der Waals surface area contributed by atoms with Gasteiger partial charge < -0.3 is 5.32 Å². The lowest BCUT2D eigenvalue weighted by Crippen LogP contribution is -2.17. The lowest BCUT2D eigenvalue weighted by atomic mass is 9.97. The predicted molar refractivity (Wildman–Crippen MR) is 97.0 cm³/mol. The van der Waals surface area contributed by atoms with Crippen LogP contribution in [-0.4, -0.2) is 21.5 Å². The van der Waals surface area contributed by atoms with E-state index < -0.39 is 0 Å². The van der Waals surface area contributed by atoms with Crippen LogP contribution in [0.15, 0.2) is 54.7 Å². The van der Waals surface area contributed by atoms with E-state index in [1.54, 1.807) is 54.3 Å². The molecule has 0 radical (unpaired) electrons. The minimum absolute atomic E-state index is 0.173. The van der Waals surface area contributed by atoms with E-state index in [2.05, 4.69) is 10.4 Å². The fraction of sp³-hybridized carbons (Fsp3) is 0.150. The van der Waals surface area contributed by atoms with Crippen LogP contribution in [0.2, 0.25) is 0 Å². The van der Waals surface area contributed by atoms with Gasteiger partial charge in [-0.15, -0.1) is 0 Å². The zero-order chi connectivity index (χ0) is 18.0. The molecule has 1 N–H and O–H groups in total. The van der Waals surface area contributed by atoms with Crippen molar-refractivity contribution < 1.29 is 9.59 Å². The first kappa shape index (κ1) is 16.6. The molecule has 25 heavy (non-hydrogen) atoms. The molecule has 3 rings (SSSR count). The normalized spacial score (nSPS) is 10.5. The van der Waals surface area contributed by atoms with Gasteiger partial charge in [-0.3, -0.25) is 14.3 Å². The van der Waals surface area contributed by atoms with Gasteiger partial charge in [0.05, 0.1) is 23.1 Å². The van der Waals surface area contributed by atoms with Crippen molar-refractivity contribution >= 4 is 17.4 Å². The van der Waals surface area contributed by atoms with E-state index in [9.17, 15) is 9.59 Å². The summed E-state index contributed by atoms with van der Waals surface area (Å²) < 4.78 is 1.68. The fourth-order valence-corrected chi connectivity index (χ4v) is 2.55. The number of nitrogens with zero attached hydrogens (tertiary/aromatic N) is 2. The van der Waals surface area contributed by atoms with Crippen LogP contribution >= 0.6 is 0 Å². The van der Waals surface area contributed by atoms with Crippen molar-refractivity contribution in [3.05, 3.63) is 82.7 Å². The number of benzene rings is 2. The molecule has 0 aliphatic heterocycles. The molecule has 5 heteroatoms. The number of aromatic nitrogens is 2. The van der Waals surface area contributed by atoms with Crippen molar-refractivity contribution in [1.29, 1.82) is 0 Å². The number of amides is 1. The second-order valence-corrected chi connectivity index (χ2v) is 5.96. The number of aryl methyl sites for hydroxylation is 2. The maximum Gasteiger partial charge on any atom is 0.256 e. The number of anilines is 1. The number of carbonyl (C=O) groups excluding carboxylic acids is 2. The van der Waals surface area contributed by atoms with Gasteiger partial charge in [-0.2, -0.15) is 5.10 Å². The third kappa shape index (κ3) is 3.35. The fourth-order valence-electron chi connectivity index (χ4n) is 2.55. The number of ketones is 1. The maximum atomic E-state index is 12.8. The molecule has 5 nitrogen and oxygen atoms in total. The third-order valence-corrected chi connectivity index (χ3v) is 4.21. The van der Waals surface area contributed by atoms with Gasteiger partial charge in [-0.1, -0.05) is 48.0 Å². The van der Waals surface area contributed by atoms with Crippen molar-refractivity contribution in [2.75, 3.05) is 5.32 Å². The first-order valence-corrected chi connectivity index (χ1v) is 7.97. The summed E-state index contributed by atoms with van der Waals surface area (Å²) >= 11 is 0. The summed E-state index contributed by atoms with van der Waals surface area (Å²) in [7, 11) is 1.81. The van der Waals surface area contributed by atoms with E-state index >= 15 is 0 Å². The van der Waals surface area contributed by atoms with Crippen LogP contribution in [-0.2, 0) is 7.05 Å². The molecule has 0 unspecified atom stereocenters. The Bertz CT molecular complexity index is 940. The molecule has 0 saturated carbocycles. The maximum absolute atomic E-state index is 12.8. The number of nitrogens with one attached hydrogen (secondary N) is 1. The topological polar surface area (TPSA) is 64.0 Å². The van der Waals surface area contributed by atoms with Crippen LogP contribution in [0.1, 0.15) is 37.5 Å². The van der Waals surface area contributed by atoms with Crippen LogP contribution in [0.4, 0.5) is 5.69 Å². The minimum Gasteiger partial charge on any atom is -0.319 e. The summed E-state index contributed by atoms with van der Waals surface area (Å²) in [5, 5.41) is 6.94. The highest BCUT2D eigenvalue weighted by molar-refractivity contribution is 6.17. The molecule has 1 aromatic heterocycles. The Hall–Kier alpha value is -3.21. The van der Waals surface area contributed by atoms with Gasteiger partial charge in [-0.05, 0) is 19.9 Å². The van der Waals surface area contributed by atoms with Crippen LogP contribution in [0, 0.1) is 13.8 Å². The van der Waals surface area contributed by atoms with Gasteiger partial charge in [-0.25, -0.2) is 0 Å². The van der Waals surface area contributed by atoms with Crippen molar-refractivity contribution in [2.24, 2.45) is 7.05 Å². The Kier molecular flexibility index (Phi) is 4.48. The minimum atomic E-state index is -0.327. The third-order valence-electron chi connectivity index (χ3n) is 4.21. The molecule has 0 saturated heterocycles. The van der Waals surface area contributed by atoms with Gasteiger partial charge in [0, 0.05) is 18.2 Å². The molecule has 0 atom stereocenters. The molecule has 1 amide bonds. The van der Waals surface area contributed by atoms with Gasteiger partial charge in [0.1, 0.15) is 0 Å². The Labute approximate surface area is 146 Å². The summed E-state index contributed by atoms with van der Waals surface area (Å²) in [4.78, 5) is 25.5. The van der Waals surface area contributed by atoms with E-state index in [1.165, 1.54) is 0 Å². The molecule has 0 fully saturated rings. The van der Waals surface area contributed by atoms with E-state index in [4.69, 9.17) is 0 Å². The van der Waals surface area contributed by atoms with Crippen molar-refractivity contribution in [3.63, 3.8) is 0 Å². The van der Waals surface area contributed by atoms with Gasteiger partial charge in [0.15, 0.2) is 5.78 Å². The Morgan fingerprint density at radius 3 is 2.20 bits per heavy atom. The molecule has 126 valence electrons.